The number of ether oxygens (including phenoxy) is 2. The summed E-state index contributed by atoms with van der Waals surface area (Å²) in [6.45, 7) is 4.16. The molecule has 1 aliphatic rings. The summed E-state index contributed by atoms with van der Waals surface area (Å²) < 4.78 is 21.6. The minimum absolute atomic E-state index is 0.240. The average Bonchev–Trinajstić information content (AvgIpc) is 3.69. The molecule has 4 aromatic heterocycles. The first-order chi connectivity index (χ1) is 17.7. The Labute approximate surface area is 206 Å². The van der Waals surface area contributed by atoms with Crippen LogP contribution in [-0.2, 0) is 11.3 Å². The minimum atomic E-state index is 0.240. The Morgan fingerprint density at radius 2 is 2.03 bits per heavy atom. The SMILES string of the molecule is COCCOc1ccc(N2[C-]=[N+](CCn3ncc4c3nc(N)n3nc(-c5ccco5)nc43)CC2)cc1. The molecule has 184 valence electrons. The molecule has 0 fully saturated rings. The van der Waals surface area contributed by atoms with Crippen LogP contribution in [0.4, 0.5) is 11.6 Å². The zero-order valence-corrected chi connectivity index (χ0v) is 19.7. The van der Waals surface area contributed by atoms with E-state index in [0.717, 1.165) is 36.5 Å². The number of nitrogens with two attached hydrogens (primary N) is 1. The van der Waals surface area contributed by atoms with Gasteiger partial charge in [-0.05, 0) is 30.0 Å². The third kappa shape index (κ3) is 4.11. The summed E-state index contributed by atoms with van der Waals surface area (Å²) >= 11 is 0. The van der Waals surface area contributed by atoms with Gasteiger partial charge in [-0.25, -0.2) is 9.67 Å². The number of nitrogen functional groups attached to an aromatic ring is 1. The van der Waals surface area contributed by atoms with Crippen LogP contribution in [0.2, 0.25) is 0 Å². The van der Waals surface area contributed by atoms with Gasteiger partial charge in [0.15, 0.2) is 17.1 Å². The summed E-state index contributed by atoms with van der Waals surface area (Å²) in [4.78, 5) is 11.2. The van der Waals surface area contributed by atoms with E-state index in [1.54, 1.807) is 31.7 Å². The first-order valence-corrected chi connectivity index (χ1v) is 11.6. The number of benzene rings is 1. The van der Waals surface area contributed by atoms with Crippen molar-refractivity contribution in [1.82, 2.24) is 29.4 Å². The fraction of sp³-hybridized carbons (Fsp3) is 0.292. The summed E-state index contributed by atoms with van der Waals surface area (Å²) in [6, 6.07) is 11.6. The molecule has 0 spiro atoms. The maximum Gasteiger partial charge on any atom is 0.225 e. The van der Waals surface area contributed by atoms with E-state index in [1.807, 2.05) is 28.9 Å². The van der Waals surface area contributed by atoms with Crippen molar-refractivity contribution < 1.29 is 18.5 Å². The van der Waals surface area contributed by atoms with Crippen LogP contribution in [0.15, 0.2) is 53.3 Å². The maximum absolute atomic E-state index is 6.20. The molecule has 0 aliphatic carbocycles. The second-order valence-corrected chi connectivity index (χ2v) is 8.30. The lowest BCUT2D eigenvalue weighted by atomic mass is 10.3. The molecule has 0 saturated carbocycles. The molecule has 36 heavy (non-hydrogen) atoms. The van der Waals surface area contributed by atoms with Gasteiger partial charge in [-0.3, -0.25) is 0 Å². The predicted molar refractivity (Wildman–Crippen MR) is 132 cm³/mol. The molecule has 0 radical (unpaired) electrons. The van der Waals surface area contributed by atoms with Crippen molar-refractivity contribution >= 4 is 34.7 Å². The van der Waals surface area contributed by atoms with E-state index in [1.165, 1.54) is 4.52 Å². The normalized spacial score (nSPS) is 13.7. The summed E-state index contributed by atoms with van der Waals surface area (Å²) in [5.74, 6) is 2.08. The minimum Gasteiger partial charge on any atom is -0.491 e. The Morgan fingerprint density at radius 3 is 2.83 bits per heavy atom. The zero-order valence-electron chi connectivity index (χ0n) is 19.7. The van der Waals surface area contributed by atoms with Gasteiger partial charge in [0.05, 0.1) is 44.1 Å². The highest BCUT2D eigenvalue weighted by atomic mass is 16.5. The first kappa shape index (κ1) is 22.0. The van der Waals surface area contributed by atoms with Gasteiger partial charge in [-0.1, -0.05) is 12.1 Å². The number of aromatic nitrogens is 6. The smallest absolute Gasteiger partial charge is 0.225 e. The Bertz CT molecular complexity index is 1520. The number of hydrogen-bond acceptors (Lipinski definition) is 9. The molecule has 5 heterocycles. The van der Waals surface area contributed by atoms with Gasteiger partial charge < -0.3 is 29.1 Å². The lowest BCUT2D eigenvalue weighted by Crippen LogP contribution is -2.18. The largest absolute Gasteiger partial charge is 0.491 e. The lowest BCUT2D eigenvalue weighted by molar-refractivity contribution is -0.515. The molecule has 0 saturated heterocycles. The van der Waals surface area contributed by atoms with Crippen molar-refractivity contribution in [3.63, 3.8) is 0 Å². The van der Waals surface area contributed by atoms with Crippen LogP contribution in [-0.4, -0.2) is 80.2 Å². The van der Waals surface area contributed by atoms with Crippen LogP contribution in [0.25, 0.3) is 28.3 Å². The molecular weight excluding hydrogens is 462 g/mol. The summed E-state index contributed by atoms with van der Waals surface area (Å²) in [7, 11) is 1.66. The molecule has 12 nitrogen and oxygen atoms in total. The molecule has 0 bridgehead atoms. The standard InChI is InChI=1S/C24H25N9O3/c1-34-13-14-35-18-6-4-17(5-7-18)31-10-8-30(16-31)9-11-32-22-19(15-26-32)23-27-21(20-3-2-12-36-20)29-33(23)24(25)28-22/h2-7,12,15H,8-11,13-14H2,1H3,(H2,25,28). The molecular formula is C24H25N9O3. The van der Waals surface area contributed by atoms with Crippen LogP contribution < -0.4 is 15.4 Å². The van der Waals surface area contributed by atoms with Crippen molar-refractivity contribution in [2.24, 2.45) is 0 Å². The number of hydrogen-bond donors (Lipinski definition) is 1. The highest BCUT2D eigenvalue weighted by Gasteiger charge is 2.18. The van der Waals surface area contributed by atoms with E-state index in [9.17, 15) is 0 Å². The average molecular weight is 488 g/mol. The van der Waals surface area contributed by atoms with E-state index in [2.05, 4.69) is 36.0 Å². The van der Waals surface area contributed by atoms with Crippen molar-refractivity contribution in [2.45, 2.75) is 6.54 Å². The van der Waals surface area contributed by atoms with Gasteiger partial charge >= 0.3 is 0 Å². The number of fused-ring (bicyclic) bond motifs is 3. The van der Waals surface area contributed by atoms with Crippen LogP contribution >= 0.6 is 0 Å². The molecule has 6 rings (SSSR count). The number of nitrogens with zero attached hydrogens (tertiary/aromatic N) is 8. The number of furan rings is 1. The second-order valence-electron chi connectivity index (χ2n) is 8.30. The molecule has 0 unspecified atom stereocenters. The van der Waals surface area contributed by atoms with Crippen molar-refractivity contribution in [3.8, 4) is 17.3 Å². The van der Waals surface area contributed by atoms with Crippen LogP contribution in [0.1, 0.15) is 0 Å². The van der Waals surface area contributed by atoms with E-state index in [-0.39, 0.29) is 5.95 Å². The van der Waals surface area contributed by atoms with Gasteiger partial charge in [0.2, 0.25) is 11.8 Å². The Morgan fingerprint density at radius 1 is 1.14 bits per heavy atom. The summed E-state index contributed by atoms with van der Waals surface area (Å²) in [5.41, 5.74) is 8.52. The Balaban J connectivity index is 1.16. The lowest BCUT2D eigenvalue weighted by Gasteiger charge is -2.17. The third-order valence-electron chi connectivity index (χ3n) is 5.98. The van der Waals surface area contributed by atoms with E-state index in [0.29, 0.717) is 42.6 Å². The fourth-order valence-corrected chi connectivity index (χ4v) is 4.15. The number of methoxy groups -OCH3 is 1. The number of rotatable bonds is 9. The monoisotopic (exact) mass is 487 g/mol. The molecule has 1 aromatic carbocycles. The van der Waals surface area contributed by atoms with Gasteiger partial charge in [0, 0.05) is 7.11 Å². The topological polar surface area (TPSA) is 125 Å². The molecule has 1 aliphatic heterocycles. The van der Waals surface area contributed by atoms with Crippen LogP contribution in [0.5, 0.6) is 5.75 Å². The van der Waals surface area contributed by atoms with Gasteiger partial charge in [-0.2, -0.15) is 14.6 Å². The Hall–Kier alpha value is -4.45. The van der Waals surface area contributed by atoms with E-state index < -0.39 is 0 Å². The molecule has 2 N–H and O–H groups in total. The number of anilines is 2. The highest BCUT2D eigenvalue weighted by Crippen LogP contribution is 2.24. The quantitative estimate of drug-likeness (QED) is 0.188. The van der Waals surface area contributed by atoms with Gasteiger partial charge in [-0.15, -0.1) is 5.10 Å². The van der Waals surface area contributed by atoms with Gasteiger partial charge in [0.1, 0.15) is 25.2 Å². The van der Waals surface area contributed by atoms with Crippen LogP contribution in [0.3, 0.4) is 0 Å². The molecule has 0 amide bonds. The summed E-state index contributed by atoms with van der Waals surface area (Å²) in [5, 5.41) is 9.75. The van der Waals surface area contributed by atoms with Crippen molar-refractivity contribution in [2.75, 3.05) is 50.6 Å². The Kier molecular flexibility index (Phi) is 5.70. The van der Waals surface area contributed by atoms with Crippen molar-refractivity contribution in [1.29, 1.82) is 0 Å². The predicted octanol–water partition coefficient (Wildman–Crippen LogP) is 1.78. The maximum atomic E-state index is 6.20. The molecule has 5 aromatic rings. The third-order valence-corrected chi connectivity index (χ3v) is 5.98. The van der Waals surface area contributed by atoms with Crippen LogP contribution in [0, 0.1) is 0 Å². The highest BCUT2D eigenvalue weighted by molar-refractivity contribution is 5.90. The van der Waals surface area contributed by atoms with E-state index >= 15 is 0 Å². The molecule has 12 heteroatoms. The van der Waals surface area contributed by atoms with E-state index in [4.69, 9.17) is 19.6 Å². The second kappa shape index (κ2) is 9.30. The summed E-state index contributed by atoms with van der Waals surface area (Å²) in [6.07, 6.45) is 6.76. The van der Waals surface area contributed by atoms with Crippen molar-refractivity contribution in [3.05, 3.63) is 48.9 Å². The molecule has 0 atom stereocenters. The fourth-order valence-electron chi connectivity index (χ4n) is 4.15. The van der Waals surface area contributed by atoms with Gasteiger partial charge in [0.25, 0.3) is 0 Å². The first-order valence-electron chi connectivity index (χ1n) is 11.6. The zero-order chi connectivity index (χ0) is 24.5.